The van der Waals surface area contributed by atoms with Gasteiger partial charge >= 0.3 is 0 Å². The Bertz CT molecular complexity index is 997. The lowest BCUT2D eigenvalue weighted by molar-refractivity contribution is -0.121. The topological polar surface area (TPSA) is 86.8 Å². The first kappa shape index (κ1) is 18.9. The molecule has 8 heteroatoms. The van der Waals surface area contributed by atoms with Gasteiger partial charge in [-0.2, -0.15) is 0 Å². The van der Waals surface area contributed by atoms with Crippen LogP contribution in [0.4, 0.5) is 17.1 Å². The lowest BCUT2D eigenvalue weighted by Crippen LogP contribution is -2.47. The monoisotopic (exact) mass is 387 g/mol. The summed E-state index contributed by atoms with van der Waals surface area (Å²) >= 11 is 0. The van der Waals surface area contributed by atoms with Crippen LogP contribution in [0.3, 0.4) is 0 Å². The molecule has 2 aromatic carbocycles. The number of para-hydroxylation sites is 2. The molecule has 1 aliphatic rings. The largest absolute Gasteiger partial charge is 0.323 e. The van der Waals surface area contributed by atoms with E-state index in [-0.39, 0.29) is 19.0 Å². The summed E-state index contributed by atoms with van der Waals surface area (Å²) in [5.41, 5.74) is 3.30. The van der Waals surface area contributed by atoms with Crippen LogP contribution in [0, 0.1) is 13.8 Å². The number of rotatable bonds is 4. The van der Waals surface area contributed by atoms with Gasteiger partial charge in [-0.3, -0.25) is 18.8 Å². The van der Waals surface area contributed by atoms with E-state index in [0.29, 0.717) is 17.1 Å². The van der Waals surface area contributed by atoms with Crippen molar-refractivity contribution in [3.63, 3.8) is 0 Å². The minimum atomic E-state index is -3.69. The third-order valence-corrected chi connectivity index (χ3v) is 5.39. The Morgan fingerprint density at radius 3 is 2.41 bits per heavy atom. The quantitative estimate of drug-likeness (QED) is 0.870. The van der Waals surface area contributed by atoms with Crippen molar-refractivity contribution in [1.82, 2.24) is 0 Å². The van der Waals surface area contributed by atoms with Crippen molar-refractivity contribution in [3.8, 4) is 0 Å². The van der Waals surface area contributed by atoms with Gasteiger partial charge in [0.1, 0.15) is 13.1 Å². The number of carbonyl (C=O) groups is 2. The lowest BCUT2D eigenvalue weighted by atomic mass is 10.1. The minimum Gasteiger partial charge on any atom is -0.323 e. The third-order valence-electron chi connectivity index (χ3n) is 4.25. The van der Waals surface area contributed by atoms with E-state index in [1.807, 2.05) is 19.9 Å². The van der Waals surface area contributed by atoms with Crippen LogP contribution >= 0.6 is 0 Å². The molecule has 142 valence electrons. The highest BCUT2D eigenvalue weighted by molar-refractivity contribution is 7.92. The fraction of sp³-hybridized carbons (Fsp3) is 0.263. The van der Waals surface area contributed by atoms with Crippen molar-refractivity contribution < 1.29 is 18.0 Å². The summed E-state index contributed by atoms with van der Waals surface area (Å²) in [7, 11) is -3.69. The number of fused-ring (bicyclic) bond motifs is 1. The molecular weight excluding hydrogens is 366 g/mol. The van der Waals surface area contributed by atoms with E-state index in [2.05, 4.69) is 5.32 Å². The van der Waals surface area contributed by atoms with Gasteiger partial charge in [0, 0.05) is 0 Å². The highest BCUT2D eigenvalue weighted by Gasteiger charge is 2.30. The Kier molecular flexibility index (Phi) is 4.93. The molecule has 0 aliphatic carbocycles. The smallest absolute Gasteiger partial charge is 0.248 e. The molecule has 2 amide bonds. The lowest BCUT2D eigenvalue weighted by Gasteiger charge is -2.31. The van der Waals surface area contributed by atoms with Gasteiger partial charge in [-0.05, 0) is 49.2 Å². The summed E-state index contributed by atoms with van der Waals surface area (Å²) in [6, 6.07) is 12.3. The molecule has 0 atom stereocenters. The van der Waals surface area contributed by atoms with Gasteiger partial charge in [0.25, 0.3) is 0 Å². The van der Waals surface area contributed by atoms with E-state index in [4.69, 9.17) is 0 Å². The molecule has 2 aromatic rings. The molecule has 1 aliphatic heterocycles. The van der Waals surface area contributed by atoms with Crippen molar-refractivity contribution >= 4 is 38.9 Å². The normalized spacial score (nSPS) is 13.7. The predicted molar refractivity (Wildman–Crippen MR) is 106 cm³/mol. The van der Waals surface area contributed by atoms with Crippen LogP contribution in [0.25, 0.3) is 0 Å². The first-order valence-corrected chi connectivity index (χ1v) is 10.3. The summed E-state index contributed by atoms with van der Waals surface area (Å²) in [6.45, 7) is 3.19. The molecule has 7 nitrogen and oxygen atoms in total. The van der Waals surface area contributed by atoms with E-state index >= 15 is 0 Å². The van der Waals surface area contributed by atoms with E-state index < -0.39 is 15.9 Å². The molecule has 27 heavy (non-hydrogen) atoms. The Morgan fingerprint density at radius 2 is 1.78 bits per heavy atom. The number of benzene rings is 2. The molecule has 0 spiro atoms. The number of nitrogens with zero attached hydrogens (tertiary/aromatic N) is 2. The van der Waals surface area contributed by atoms with Gasteiger partial charge in [-0.25, -0.2) is 8.42 Å². The van der Waals surface area contributed by atoms with Crippen LogP contribution in [-0.4, -0.2) is 39.6 Å². The molecule has 0 radical (unpaired) electrons. The molecular formula is C19H21N3O4S. The van der Waals surface area contributed by atoms with Crippen LogP contribution in [0.15, 0.2) is 42.5 Å². The van der Waals surface area contributed by atoms with Crippen LogP contribution < -0.4 is 14.5 Å². The average Bonchev–Trinajstić information content (AvgIpc) is 2.56. The molecule has 3 rings (SSSR count). The Balaban J connectivity index is 1.95. The highest BCUT2D eigenvalue weighted by atomic mass is 32.2. The van der Waals surface area contributed by atoms with Gasteiger partial charge < -0.3 is 5.32 Å². The second kappa shape index (κ2) is 7.03. The van der Waals surface area contributed by atoms with E-state index in [0.717, 1.165) is 21.7 Å². The van der Waals surface area contributed by atoms with Crippen LogP contribution in [0.2, 0.25) is 0 Å². The van der Waals surface area contributed by atoms with Gasteiger partial charge in [-0.1, -0.05) is 18.2 Å². The summed E-state index contributed by atoms with van der Waals surface area (Å²) < 4.78 is 25.8. The van der Waals surface area contributed by atoms with Gasteiger partial charge in [-0.15, -0.1) is 0 Å². The van der Waals surface area contributed by atoms with Crippen molar-refractivity contribution in [2.75, 3.05) is 33.9 Å². The van der Waals surface area contributed by atoms with Crippen molar-refractivity contribution in [3.05, 3.63) is 53.6 Å². The molecule has 1 N–H and O–H groups in total. The second-order valence-corrected chi connectivity index (χ2v) is 8.57. The second-order valence-electron chi connectivity index (χ2n) is 6.66. The number of hydrogen-bond acceptors (Lipinski definition) is 4. The predicted octanol–water partition coefficient (Wildman–Crippen LogP) is 2.05. The van der Waals surface area contributed by atoms with Crippen LogP contribution in [0.5, 0.6) is 0 Å². The maximum Gasteiger partial charge on any atom is 0.248 e. The van der Waals surface area contributed by atoms with E-state index in [1.165, 1.54) is 4.90 Å². The summed E-state index contributed by atoms with van der Waals surface area (Å²) in [4.78, 5) is 26.2. The standard InChI is InChI=1S/C19H21N3O4S/c1-13-8-14(2)10-15(9-13)22(27(3,25)26)12-19(24)21-11-18(23)20-16-6-4-5-7-17(16)21/h4-10H,11-12H2,1-3H3,(H,20,23). The number of amides is 2. The maximum atomic E-state index is 12.9. The van der Waals surface area contributed by atoms with Gasteiger partial charge in [0.05, 0.1) is 23.3 Å². The minimum absolute atomic E-state index is 0.152. The fourth-order valence-corrected chi connectivity index (χ4v) is 3.99. The van der Waals surface area contributed by atoms with Crippen LogP contribution in [0.1, 0.15) is 11.1 Å². The Morgan fingerprint density at radius 1 is 1.15 bits per heavy atom. The molecule has 0 unspecified atom stereocenters. The van der Waals surface area contributed by atoms with Gasteiger partial charge in [0.15, 0.2) is 0 Å². The Hall–Kier alpha value is -2.87. The molecule has 0 saturated heterocycles. The molecule has 0 aromatic heterocycles. The van der Waals surface area contributed by atoms with Gasteiger partial charge in [0.2, 0.25) is 21.8 Å². The first-order valence-electron chi connectivity index (χ1n) is 8.40. The SMILES string of the molecule is Cc1cc(C)cc(N(CC(=O)N2CC(=O)Nc3ccccc32)S(C)(=O)=O)c1. The zero-order valence-electron chi connectivity index (χ0n) is 15.4. The molecule has 1 heterocycles. The zero-order valence-corrected chi connectivity index (χ0v) is 16.2. The number of hydrogen-bond donors (Lipinski definition) is 1. The summed E-state index contributed by atoms with van der Waals surface area (Å²) in [5, 5.41) is 2.71. The number of sulfonamides is 1. The third kappa shape index (κ3) is 4.11. The maximum absolute atomic E-state index is 12.9. The highest BCUT2D eigenvalue weighted by Crippen LogP contribution is 2.29. The van der Waals surface area contributed by atoms with Crippen molar-refractivity contribution in [2.45, 2.75) is 13.8 Å². The number of anilines is 3. The molecule has 0 saturated carbocycles. The average molecular weight is 387 g/mol. The molecule has 0 bridgehead atoms. The van der Waals surface area contributed by atoms with E-state index in [1.54, 1.807) is 36.4 Å². The summed E-state index contributed by atoms with van der Waals surface area (Å²) in [5.74, 6) is -0.791. The zero-order chi connectivity index (χ0) is 19.8. The Labute approximate surface area is 158 Å². The fourth-order valence-electron chi connectivity index (χ4n) is 3.16. The van der Waals surface area contributed by atoms with Crippen molar-refractivity contribution in [2.24, 2.45) is 0 Å². The first-order chi connectivity index (χ1) is 12.6. The van der Waals surface area contributed by atoms with Crippen molar-refractivity contribution in [1.29, 1.82) is 0 Å². The van der Waals surface area contributed by atoms with Crippen LogP contribution in [-0.2, 0) is 19.6 Å². The summed E-state index contributed by atoms with van der Waals surface area (Å²) in [6.07, 6.45) is 1.06. The number of nitrogens with one attached hydrogen (secondary N) is 1. The molecule has 0 fully saturated rings. The number of carbonyl (C=O) groups excluding carboxylic acids is 2. The number of aryl methyl sites for hydroxylation is 2. The van der Waals surface area contributed by atoms with E-state index in [9.17, 15) is 18.0 Å².